The lowest BCUT2D eigenvalue weighted by atomic mass is 9.68. The van der Waals surface area contributed by atoms with Crippen LogP contribution in [0.1, 0.15) is 112 Å². The molecule has 0 amide bonds. The van der Waals surface area contributed by atoms with Crippen molar-refractivity contribution in [1.82, 2.24) is 0 Å². The Bertz CT molecular complexity index is 1180. The van der Waals surface area contributed by atoms with Gasteiger partial charge in [-0.15, -0.1) is 0 Å². The maximum absolute atomic E-state index is 15.2. The minimum Gasteiger partial charge on any atom is -0.432 e. The van der Waals surface area contributed by atoms with Crippen LogP contribution in [0.5, 0.6) is 5.75 Å². The van der Waals surface area contributed by atoms with Crippen LogP contribution in [0, 0.1) is 35.3 Å². The van der Waals surface area contributed by atoms with Crippen molar-refractivity contribution in [1.29, 1.82) is 0 Å². The minimum atomic E-state index is -4.60. The summed E-state index contributed by atoms with van der Waals surface area (Å²) in [5.74, 6) is -0.650. The third kappa shape index (κ3) is 7.63. The summed E-state index contributed by atoms with van der Waals surface area (Å²) in [4.78, 5) is 0. The zero-order valence-corrected chi connectivity index (χ0v) is 24.2. The first-order chi connectivity index (χ1) is 19.9. The van der Waals surface area contributed by atoms with Crippen LogP contribution in [0.25, 0.3) is 0 Å². The smallest absolute Gasteiger partial charge is 0.400 e. The van der Waals surface area contributed by atoms with Crippen LogP contribution in [0.2, 0.25) is 0 Å². The van der Waals surface area contributed by atoms with E-state index < -0.39 is 41.8 Å². The van der Waals surface area contributed by atoms with Crippen molar-refractivity contribution in [3.63, 3.8) is 0 Å². The predicted octanol–water partition coefficient (Wildman–Crippen LogP) is 11.1. The van der Waals surface area contributed by atoms with E-state index in [4.69, 9.17) is 4.74 Å². The number of ether oxygens (including phenoxy) is 1. The first-order valence-electron chi connectivity index (χ1n) is 15.6. The first-order valence-corrected chi connectivity index (χ1v) is 15.6. The van der Waals surface area contributed by atoms with Gasteiger partial charge < -0.3 is 4.74 Å². The van der Waals surface area contributed by atoms with Gasteiger partial charge in [-0.3, -0.25) is 0 Å². The van der Waals surface area contributed by atoms with Gasteiger partial charge in [0, 0.05) is 6.07 Å². The Balaban J connectivity index is 1.10. The van der Waals surface area contributed by atoms with Crippen LogP contribution >= 0.6 is 0 Å². The summed E-state index contributed by atoms with van der Waals surface area (Å²) >= 11 is 0. The molecule has 3 aliphatic carbocycles. The summed E-state index contributed by atoms with van der Waals surface area (Å²) < 4.78 is 102. The van der Waals surface area contributed by atoms with E-state index in [0.29, 0.717) is 36.7 Å². The van der Waals surface area contributed by atoms with E-state index in [1.807, 2.05) is 6.07 Å². The van der Waals surface area contributed by atoms with Gasteiger partial charge in [-0.2, -0.15) is 22.0 Å². The Morgan fingerprint density at radius 3 is 1.83 bits per heavy atom. The van der Waals surface area contributed by atoms with Crippen molar-refractivity contribution in [3.8, 4) is 5.75 Å². The van der Waals surface area contributed by atoms with Crippen molar-refractivity contribution >= 4 is 0 Å². The molecule has 0 atom stereocenters. The SMILES string of the molecule is CC1CCC(c2ccc(C3CCC(C4CCC(C(F)(F)Oc5ccc(CC(F)(F)F)c(F)c5)CC4)CC3)c(F)c2)CC1. The van der Waals surface area contributed by atoms with E-state index in [-0.39, 0.29) is 24.6 Å². The first kappa shape index (κ1) is 31.2. The molecule has 0 N–H and O–H groups in total. The molecule has 2 aromatic rings. The van der Waals surface area contributed by atoms with Crippen LogP contribution < -0.4 is 4.74 Å². The summed E-state index contributed by atoms with van der Waals surface area (Å²) in [6, 6.07) is 8.30. The monoisotopic (exact) mass is 598 g/mol. The highest BCUT2D eigenvalue weighted by Crippen LogP contribution is 2.47. The Morgan fingerprint density at radius 1 is 0.667 bits per heavy atom. The molecular weight excluding hydrogens is 557 g/mol. The van der Waals surface area contributed by atoms with Gasteiger partial charge in [0.05, 0.1) is 12.3 Å². The van der Waals surface area contributed by atoms with Crippen LogP contribution in [0.15, 0.2) is 36.4 Å². The second kappa shape index (κ2) is 12.8. The van der Waals surface area contributed by atoms with Gasteiger partial charge in [0.25, 0.3) is 0 Å². The van der Waals surface area contributed by atoms with Crippen molar-refractivity contribution in [3.05, 3.63) is 64.7 Å². The molecule has 0 saturated heterocycles. The third-order valence-corrected chi connectivity index (χ3v) is 10.3. The van der Waals surface area contributed by atoms with Crippen molar-refractivity contribution < 1.29 is 35.5 Å². The summed E-state index contributed by atoms with van der Waals surface area (Å²) in [6.45, 7) is 2.28. The largest absolute Gasteiger partial charge is 0.432 e. The molecule has 0 radical (unpaired) electrons. The van der Waals surface area contributed by atoms with Crippen molar-refractivity contribution in [2.24, 2.45) is 23.7 Å². The van der Waals surface area contributed by atoms with Gasteiger partial charge in [-0.05, 0) is 123 Å². The molecule has 0 bridgehead atoms. The number of hydrogen-bond acceptors (Lipinski definition) is 1. The summed E-state index contributed by atoms with van der Waals surface area (Å²) in [5, 5.41) is 0. The van der Waals surface area contributed by atoms with Crippen LogP contribution in [-0.2, 0) is 6.42 Å². The standard InChI is InChI=1S/C34H41F7O/c1-21-2-4-24(5-3-21)26-13-17-30(32(36)18-26)25-8-6-22(7-9-25)23-10-14-28(15-11-23)34(40,41)42-29-16-12-27(31(35)19-29)20-33(37,38)39/h12-13,16-19,21-25,28H,2-11,14-15,20H2,1H3. The summed E-state index contributed by atoms with van der Waals surface area (Å²) in [6.07, 6.45) is 0.573. The quantitative estimate of drug-likeness (QED) is 0.288. The van der Waals surface area contributed by atoms with Crippen molar-refractivity contribution in [2.45, 2.75) is 115 Å². The molecule has 8 heteroatoms. The van der Waals surface area contributed by atoms with Gasteiger partial charge in [0.15, 0.2) is 0 Å². The zero-order valence-electron chi connectivity index (χ0n) is 24.2. The highest BCUT2D eigenvalue weighted by atomic mass is 19.4. The van der Waals surface area contributed by atoms with Crippen LogP contribution in [-0.4, -0.2) is 12.3 Å². The molecule has 0 spiro atoms. The lowest BCUT2D eigenvalue weighted by Crippen LogP contribution is -2.38. The Hall–Kier alpha value is -2.25. The molecule has 3 aliphatic rings. The Labute approximate surface area is 244 Å². The predicted molar refractivity (Wildman–Crippen MR) is 149 cm³/mol. The molecule has 2 aromatic carbocycles. The zero-order chi connectivity index (χ0) is 30.1. The highest BCUT2D eigenvalue weighted by Gasteiger charge is 2.45. The average Bonchev–Trinajstić information content (AvgIpc) is 2.94. The van der Waals surface area contributed by atoms with E-state index in [1.54, 1.807) is 6.07 Å². The number of alkyl halides is 5. The Morgan fingerprint density at radius 2 is 1.26 bits per heavy atom. The topological polar surface area (TPSA) is 9.23 Å². The number of rotatable bonds is 7. The maximum atomic E-state index is 15.2. The lowest BCUT2D eigenvalue weighted by Gasteiger charge is -2.39. The molecule has 3 saturated carbocycles. The third-order valence-electron chi connectivity index (χ3n) is 10.3. The molecule has 1 nitrogen and oxygen atoms in total. The van der Waals surface area contributed by atoms with Crippen LogP contribution in [0.4, 0.5) is 30.7 Å². The molecule has 0 aliphatic heterocycles. The normalized spacial score (nSPS) is 29.3. The summed E-state index contributed by atoms with van der Waals surface area (Å²) in [5.41, 5.74) is 1.32. The summed E-state index contributed by atoms with van der Waals surface area (Å²) in [7, 11) is 0. The lowest BCUT2D eigenvalue weighted by molar-refractivity contribution is -0.224. The number of benzene rings is 2. The van der Waals surface area contributed by atoms with Crippen molar-refractivity contribution in [2.75, 3.05) is 0 Å². The van der Waals surface area contributed by atoms with Gasteiger partial charge in [-0.1, -0.05) is 38.0 Å². The fourth-order valence-corrected chi connectivity index (χ4v) is 7.74. The highest BCUT2D eigenvalue weighted by molar-refractivity contribution is 5.31. The molecular formula is C34H41F7O. The second-order valence-electron chi connectivity index (χ2n) is 13.2. The minimum absolute atomic E-state index is 0.0906. The molecule has 232 valence electrons. The van der Waals surface area contributed by atoms with Crippen LogP contribution in [0.3, 0.4) is 0 Å². The van der Waals surface area contributed by atoms with E-state index in [1.165, 1.54) is 12.8 Å². The second-order valence-corrected chi connectivity index (χ2v) is 13.2. The van der Waals surface area contributed by atoms with E-state index in [0.717, 1.165) is 67.7 Å². The molecule has 3 fully saturated rings. The average molecular weight is 599 g/mol. The Kier molecular flexibility index (Phi) is 9.48. The van der Waals surface area contributed by atoms with E-state index >= 15 is 4.39 Å². The number of halogens is 7. The number of hydrogen-bond donors (Lipinski definition) is 0. The maximum Gasteiger partial charge on any atom is 0.400 e. The van der Waals surface area contributed by atoms with Gasteiger partial charge in [-0.25, -0.2) is 8.78 Å². The molecule has 5 rings (SSSR count). The van der Waals surface area contributed by atoms with E-state index in [2.05, 4.69) is 13.0 Å². The van der Waals surface area contributed by atoms with E-state index in [9.17, 15) is 26.3 Å². The van der Waals surface area contributed by atoms with Gasteiger partial charge >= 0.3 is 12.3 Å². The molecule has 0 aromatic heterocycles. The van der Waals surface area contributed by atoms with Gasteiger partial charge in [0.1, 0.15) is 17.4 Å². The fraction of sp³-hybridized carbons (Fsp3) is 0.647. The molecule has 0 unspecified atom stereocenters. The van der Waals surface area contributed by atoms with Gasteiger partial charge in [0.2, 0.25) is 0 Å². The molecule has 0 heterocycles. The fourth-order valence-electron chi connectivity index (χ4n) is 7.74. The molecule has 42 heavy (non-hydrogen) atoms.